The molecule has 0 radical (unpaired) electrons. The minimum atomic E-state index is -0.687. The number of rotatable bonds is 8. The third kappa shape index (κ3) is 7.07. The molecule has 24 heavy (non-hydrogen) atoms. The molecule has 0 atom stereocenters. The molecule has 5 amide bonds. The molecule has 10 nitrogen and oxygen atoms in total. The number of amides is 5. The molecule has 134 valence electrons. The molecule has 0 heterocycles. The molecule has 0 aliphatic heterocycles. The Balaban J connectivity index is 2.20. The van der Waals surface area contributed by atoms with E-state index < -0.39 is 17.7 Å². The van der Waals surface area contributed by atoms with Crippen molar-refractivity contribution in [1.82, 2.24) is 16.0 Å². The number of hydrogen-bond acceptors (Lipinski definition) is 5. The number of carbonyl (C=O) groups is 5. The number of carbonyl (C=O) groups excluding carboxylic acids is 5. The molecule has 1 saturated carbocycles. The van der Waals surface area contributed by atoms with Crippen LogP contribution in [0.1, 0.15) is 25.7 Å². The summed E-state index contributed by atoms with van der Waals surface area (Å²) in [5, 5.41) is 7.02. The summed E-state index contributed by atoms with van der Waals surface area (Å²) < 4.78 is 0. The molecule has 0 aromatic rings. The van der Waals surface area contributed by atoms with Gasteiger partial charge in [-0.2, -0.15) is 0 Å². The minimum absolute atomic E-state index is 0.184. The fraction of sp³-hybridized carbons (Fsp3) is 0.643. The Labute approximate surface area is 139 Å². The Bertz CT molecular complexity index is 514. The normalized spacial score (nSPS) is 19.8. The van der Waals surface area contributed by atoms with E-state index in [2.05, 4.69) is 16.0 Å². The predicted octanol–water partition coefficient (Wildman–Crippen LogP) is -2.89. The number of nitrogens with two attached hydrogens (primary N) is 2. The van der Waals surface area contributed by atoms with Crippen LogP contribution in [0.4, 0.5) is 0 Å². The molecular formula is C14H23N5O5. The van der Waals surface area contributed by atoms with Crippen LogP contribution >= 0.6 is 0 Å². The maximum Gasteiger partial charge on any atom is 0.239 e. The van der Waals surface area contributed by atoms with Crippen LogP contribution in [-0.2, 0) is 24.0 Å². The minimum Gasteiger partial charge on any atom is -0.369 e. The smallest absolute Gasteiger partial charge is 0.239 e. The lowest BCUT2D eigenvalue weighted by Gasteiger charge is -2.25. The molecule has 1 fully saturated rings. The molecule has 0 aromatic heterocycles. The van der Waals surface area contributed by atoms with Gasteiger partial charge in [0, 0.05) is 11.8 Å². The van der Waals surface area contributed by atoms with Gasteiger partial charge in [-0.25, -0.2) is 0 Å². The molecule has 0 saturated heterocycles. The molecule has 7 N–H and O–H groups in total. The topological polar surface area (TPSA) is 173 Å². The van der Waals surface area contributed by atoms with Crippen LogP contribution < -0.4 is 27.4 Å². The lowest BCUT2D eigenvalue weighted by Crippen LogP contribution is -2.44. The van der Waals surface area contributed by atoms with E-state index in [1.165, 1.54) is 0 Å². The van der Waals surface area contributed by atoms with Gasteiger partial charge in [-0.3, -0.25) is 24.0 Å². The SMILES string of the molecule is NC(=O)CNC(=O)CNC(=O)CNC(=O)C1CCC(C(N)=O)CC1. The van der Waals surface area contributed by atoms with Crippen molar-refractivity contribution < 1.29 is 24.0 Å². The second-order valence-electron chi connectivity index (χ2n) is 5.69. The Hall–Kier alpha value is -2.65. The highest BCUT2D eigenvalue weighted by Crippen LogP contribution is 2.28. The molecule has 0 spiro atoms. The summed E-state index contributed by atoms with van der Waals surface area (Å²) in [5.74, 6) is -2.80. The van der Waals surface area contributed by atoms with E-state index in [9.17, 15) is 24.0 Å². The fourth-order valence-electron chi connectivity index (χ4n) is 2.44. The van der Waals surface area contributed by atoms with E-state index in [-0.39, 0.29) is 43.3 Å². The largest absolute Gasteiger partial charge is 0.369 e. The molecule has 1 rings (SSSR count). The van der Waals surface area contributed by atoms with E-state index >= 15 is 0 Å². The Kier molecular flexibility index (Phi) is 7.66. The first-order valence-electron chi connectivity index (χ1n) is 7.68. The van der Waals surface area contributed by atoms with Gasteiger partial charge in [0.05, 0.1) is 19.6 Å². The third-order valence-electron chi connectivity index (χ3n) is 3.83. The van der Waals surface area contributed by atoms with Crippen LogP contribution in [0.25, 0.3) is 0 Å². The lowest BCUT2D eigenvalue weighted by atomic mass is 9.81. The summed E-state index contributed by atoms with van der Waals surface area (Å²) in [6, 6.07) is 0. The first kappa shape index (κ1) is 19.4. The standard InChI is InChI=1S/C14H23N5O5/c15-10(20)5-17-11(21)6-18-12(22)7-19-14(24)9-3-1-8(2-4-9)13(16)23/h8-9H,1-7H2,(H2,15,20)(H2,16,23)(H,17,21)(H,18,22)(H,19,24). The van der Waals surface area contributed by atoms with Crippen molar-refractivity contribution in [3.8, 4) is 0 Å². The first-order valence-corrected chi connectivity index (χ1v) is 7.68. The van der Waals surface area contributed by atoms with Gasteiger partial charge in [0.25, 0.3) is 0 Å². The molecule has 1 aliphatic carbocycles. The molecule has 1 aliphatic rings. The summed E-state index contributed by atoms with van der Waals surface area (Å²) in [4.78, 5) is 56.3. The second-order valence-corrected chi connectivity index (χ2v) is 5.69. The fourth-order valence-corrected chi connectivity index (χ4v) is 2.44. The second kappa shape index (κ2) is 9.48. The van der Waals surface area contributed by atoms with Crippen LogP contribution in [0, 0.1) is 11.8 Å². The molecule has 0 aromatic carbocycles. The Morgan fingerprint density at radius 3 is 1.67 bits per heavy atom. The predicted molar refractivity (Wildman–Crippen MR) is 82.9 cm³/mol. The maximum absolute atomic E-state index is 12.0. The van der Waals surface area contributed by atoms with Gasteiger partial charge < -0.3 is 27.4 Å². The Morgan fingerprint density at radius 1 is 0.708 bits per heavy atom. The van der Waals surface area contributed by atoms with Gasteiger partial charge in [0.2, 0.25) is 29.5 Å². The van der Waals surface area contributed by atoms with E-state index in [0.29, 0.717) is 25.7 Å². The highest BCUT2D eigenvalue weighted by molar-refractivity contribution is 5.90. The number of primary amides is 2. The van der Waals surface area contributed by atoms with Crippen LogP contribution in [0.3, 0.4) is 0 Å². The van der Waals surface area contributed by atoms with E-state index in [1.54, 1.807) is 0 Å². The van der Waals surface area contributed by atoms with Crippen molar-refractivity contribution in [1.29, 1.82) is 0 Å². The van der Waals surface area contributed by atoms with Crippen LogP contribution in [0.2, 0.25) is 0 Å². The maximum atomic E-state index is 12.0. The van der Waals surface area contributed by atoms with Gasteiger partial charge >= 0.3 is 0 Å². The van der Waals surface area contributed by atoms with E-state index in [4.69, 9.17) is 11.5 Å². The van der Waals surface area contributed by atoms with Crippen LogP contribution in [0.5, 0.6) is 0 Å². The van der Waals surface area contributed by atoms with E-state index in [0.717, 1.165) is 0 Å². The zero-order valence-corrected chi connectivity index (χ0v) is 13.3. The number of nitrogens with one attached hydrogen (secondary N) is 3. The molecule has 0 bridgehead atoms. The van der Waals surface area contributed by atoms with Crippen LogP contribution in [-0.4, -0.2) is 49.2 Å². The average molecular weight is 341 g/mol. The van der Waals surface area contributed by atoms with Gasteiger partial charge in [0.15, 0.2) is 0 Å². The van der Waals surface area contributed by atoms with Gasteiger partial charge in [-0.05, 0) is 25.7 Å². The third-order valence-corrected chi connectivity index (χ3v) is 3.83. The highest BCUT2D eigenvalue weighted by Gasteiger charge is 2.28. The van der Waals surface area contributed by atoms with Gasteiger partial charge in [-0.15, -0.1) is 0 Å². The van der Waals surface area contributed by atoms with Crippen molar-refractivity contribution >= 4 is 29.5 Å². The number of hydrogen-bond donors (Lipinski definition) is 5. The van der Waals surface area contributed by atoms with Crippen molar-refractivity contribution in [2.45, 2.75) is 25.7 Å². The summed E-state index contributed by atoms with van der Waals surface area (Å²) in [6.07, 6.45) is 2.24. The quantitative estimate of drug-likeness (QED) is 0.318. The van der Waals surface area contributed by atoms with E-state index in [1.807, 2.05) is 0 Å². The summed E-state index contributed by atoms with van der Waals surface area (Å²) in [6.45, 7) is -0.872. The monoisotopic (exact) mass is 341 g/mol. The molecular weight excluding hydrogens is 318 g/mol. The van der Waals surface area contributed by atoms with Gasteiger partial charge in [0.1, 0.15) is 0 Å². The summed E-state index contributed by atoms with van der Waals surface area (Å²) in [5.41, 5.74) is 10.1. The van der Waals surface area contributed by atoms with Crippen LogP contribution in [0.15, 0.2) is 0 Å². The summed E-state index contributed by atoms with van der Waals surface area (Å²) in [7, 11) is 0. The van der Waals surface area contributed by atoms with Crippen molar-refractivity contribution in [2.75, 3.05) is 19.6 Å². The Morgan fingerprint density at radius 2 is 1.17 bits per heavy atom. The van der Waals surface area contributed by atoms with Crippen molar-refractivity contribution in [2.24, 2.45) is 23.3 Å². The zero-order chi connectivity index (χ0) is 18.1. The van der Waals surface area contributed by atoms with Crippen molar-refractivity contribution in [3.05, 3.63) is 0 Å². The zero-order valence-electron chi connectivity index (χ0n) is 13.3. The summed E-state index contributed by atoms with van der Waals surface area (Å²) >= 11 is 0. The lowest BCUT2D eigenvalue weighted by molar-refractivity contribution is -0.131. The highest BCUT2D eigenvalue weighted by atomic mass is 16.2. The average Bonchev–Trinajstić information content (AvgIpc) is 2.55. The molecule has 10 heteroatoms. The molecule has 0 unspecified atom stereocenters. The van der Waals surface area contributed by atoms with Gasteiger partial charge in [-0.1, -0.05) is 0 Å². The first-order chi connectivity index (χ1) is 11.3. The van der Waals surface area contributed by atoms with Crippen molar-refractivity contribution in [3.63, 3.8) is 0 Å².